The minimum absolute atomic E-state index is 0.190. The summed E-state index contributed by atoms with van der Waals surface area (Å²) in [5.74, 6) is 0.763. The molecular weight excluding hydrogens is 401 g/mol. The van der Waals surface area contributed by atoms with Gasteiger partial charge in [0, 0.05) is 29.7 Å². The second-order valence-corrected chi connectivity index (χ2v) is 6.61. The largest absolute Gasteiger partial charge is 0.493 e. The van der Waals surface area contributed by atoms with Gasteiger partial charge in [0.2, 0.25) is 5.91 Å². The van der Waals surface area contributed by atoms with Gasteiger partial charge >= 0.3 is 0 Å². The van der Waals surface area contributed by atoms with E-state index in [2.05, 4.69) is 15.9 Å². The van der Waals surface area contributed by atoms with Gasteiger partial charge < -0.3 is 14.4 Å². The van der Waals surface area contributed by atoms with Gasteiger partial charge in [-0.1, -0.05) is 22.0 Å². The summed E-state index contributed by atoms with van der Waals surface area (Å²) in [4.78, 5) is 13.8. The van der Waals surface area contributed by atoms with Crippen LogP contribution in [0.3, 0.4) is 0 Å². The quantitative estimate of drug-likeness (QED) is 0.624. The highest BCUT2D eigenvalue weighted by molar-refractivity contribution is 9.10. The topological polar surface area (TPSA) is 38.8 Å². The molecule has 138 valence electrons. The van der Waals surface area contributed by atoms with Crippen molar-refractivity contribution in [3.63, 3.8) is 0 Å². The molecule has 2 aromatic rings. The molecule has 0 unspecified atom stereocenters. The van der Waals surface area contributed by atoms with Crippen molar-refractivity contribution >= 4 is 27.9 Å². The van der Waals surface area contributed by atoms with Crippen LogP contribution in [-0.4, -0.2) is 38.6 Å². The molecular formula is C20H21BrFNO3. The van der Waals surface area contributed by atoms with Gasteiger partial charge in [0.25, 0.3) is 0 Å². The lowest BCUT2D eigenvalue weighted by Gasteiger charge is -2.16. The van der Waals surface area contributed by atoms with Gasteiger partial charge in [0.1, 0.15) is 5.82 Å². The average molecular weight is 422 g/mol. The van der Waals surface area contributed by atoms with Gasteiger partial charge in [-0.05, 0) is 48.4 Å². The summed E-state index contributed by atoms with van der Waals surface area (Å²) in [5, 5.41) is 0. The second-order valence-electron chi connectivity index (χ2n) is 5.70. The molecule has 6 heteroatoms. The van der Waals surface area contributed by atoms with E-state index >= 15 is 0 Å². The Balaban J connectivity index is 1.97. The van der Waals surface area contributed by atoms with Gasteiger partial charge in [-0.3, -0.25) is 4.79 Å². The van der Waals surface area contributed by atoms with E-state index in [1.807, 2.05) is 18.2 Å². The van der Waals surface area contributed by atoms with E-state index in [0.29, 0.717) is 30.0 Å². The fourth-order valence-electron chi connectivity index (χ4n) is 2.37. The highest BCUT2D eigenvalue weighted by atomic mass is 79.9. The summed E-state index contributed by atoms with van der Waals surface area (Å²) in [6.45, 7) is 0.527. The highest BCUT2D eigenvalue weighted by Gasteiger charge is 2.08. The molecule has 2 aromatic carbocycles. The summed E-state index contributed by atoms with van der Waals surface area (Å²) in [6, 6.07) is 10.3. The summed E-state index contributed by atoms with van der Waals surface area (Å²) in [5.41, 5.74) is 1.39. The van der Waals surface area contributed by atoms with Crippen molar-refractivity contribution in [3.8, 4) is 11.5 Å². The highest BCUT2D eigenvalue weighted by Crippen LogP contribution is 2.27. The fourth-order valence-corrected chi connectivity index (χ4v) is 2.75. The lowest BCUT2D eigenvalue weighted by molar-refractivity contribution is -0.124. The molecule has 0 atom stereocenters. The Morgan fingerprint density at radius 2 is 1.88 bits per heavy atom. The Labute approximate surface area is 161 Å². The second kappa shape index (κ2) is 9.38. The summed E-state index contributed by atoms with van der Waals surface area (Å²) < 4.78 is 25.0. The van der Waals surface area contributed by atoms with Crippen molar-refractivity contribution in [3.05, 3.63) is 63.9 Å². The first kappa shape index (κ1) is 20.0. The number of carbonyl (C=O) groups excluding carboxylic acids is 1. The first-order valence-electron chi connectivity index (χ1n) is 8.03. The van der Waals surface area contributed by atoms with E-state index in [0.717, 1.165) is 10.0 Å². The van der Waals surface area contributed by atoms with Crippen LogP contribution < -0.4 is 9.47 Å². The molecule has 0 aliphatic rings. The maximum atomic E-state index is 13.7. The number of benzene rings is 2. The van der Waals surface area contributed by atoms with Crippen LogP contribution in [-0.2, 0) is 11.2 Å². The van der Waals surface area contributed by atoms with Crippen LogP contribution in [0.5, 0.6) is 11.5 Å². The smallest absolute Gasteiger partial charge is 0.246 e. The number of nitrogens with zero attached hydrogens (tertiary/aromatic N) is 1. The van der Waals surface area contributed by atoms with Gasteiger partial charge in [-0.15, -0.1) is 0 Å². The Morgan fingerprint density at radius 1 is 1.15 bits per heavy atom. The standard InChI is InChI=1S/C20H21BrFNO3/c1-23(11-10-14-4-8-18(25-2)19(12-14)26-3)20(24)9-5-15-13-16(21)6-7-17(15)22/h4-9,12-13H,10-11H2,1-3H3. The van der Waals surface area contributed by atoms with Gasteiger partial charge in [-0.2, -0.15) is 0 Å². The first-order valence-corrected chi connectivity index (χ1v) is 8.83. The zero-order valence-electron chi connectivity index (χ0n) is 15.0. The predicted molar refractivity (Wildman–Crippen MR) is 104 cm³/mol. The molecule has 0 bridgehead atoms. The maximum Gasteiger partial charge on any atom is 0.246 e. The molecule has 26 heavy (non-hydrogen) atoms. The molecule has 0 N–H and O–H groups in total. The Hall–Kier alpha value is -2.34. The number of methoxy groups -OCH3 is 2. The van der Waals surface area contributed by atoms with Crippen LogP contribution in [0.15, 0.2) is 46.9 Å². The summed E-state index contributed by atoms with van der Waals surface area (Å²) >= 11 is 3.29. The van der Waals surface area contributed by atoms with E-state index in [1.165, 1.54) is 18.2 Å². The predicted octanol–water partition coefficient (Wildman–Crippen LogP) is 4.32. The molecule has 0 aromatic heterocycles. The zero-order valence-corrected chi connectivity index (χ0v) is 16.5. The number of hydrogen-bond donors (Lipinski definition) is 0. The monoisotopic (exact) mass is 421 g/mol. The summed E-state index contributed by atoms with van der Waals surface area (Å²) in [7, 11) is 4.89. The van der Waals surface area contributed by atoms with Crippen LogP contribution in [0.25, 0.3) is 6.08 Å². The Kier molecular flexibility index (Phi) is 7.21. The van der Waals surface area contributed by atoms with E-state index in [1.54, 1.807) is 38.3 Å². The number of rotatable bonds is 7. The molecule has 0 spiro atoms. The van der Waals surface area contributed by atoms with Crippen LogP contribution in [0, 0.1) is 5.82 Å². The molecule has 0 radical (unpaired) electrons. The van der Waals surface area contributed by atoms with Crippen molar-refractivity contribution < 1.29 is 18.7 Å². The fraction of sp³-hybridized carbons (Fsp3) is 0.250. The third-order valence-corrected chi connectivity index (χ3v) is 4.42. The third-order valence-electron chi connectivity index (χ3n) is 3.92. The van der Waals surface area contributed by atoms with Crippen molar-refractivity contribution in [2.45, 2.75) is 6.42 Å². The van der Waals surface area contributed by atoms with E-state index in [-0.39, 0.29) is 11.7 Å². The number of halogens is 2. The van der Waals surface area contributed by atoms with Crippen molar-refractivity contribution in [2.24, 2.45) is 0 Å². The van der Waals surface area contributed by atoms with Crippen LogP contribution in [0.2, 0.25) is 0 Å². The molecule has 2 rings (SSSR count). The van der Waals surface area contributed by atoms with E-state index in [4.69, 9.17) is 9.47 Å². The van der Waals surface area contributed by atoms with Crippen LogP contribution in [0.1, 0.15) is 11.1 Å². The number of likely N-dealkylation sites (N-methyl/N-ethyl adjacent to an activating group) is 1. The molecule has 4 nitrogen and oxygen atoms in total. The summed E-state index contributed by atoms with van der Waals surface area (Å²) in [6.07, 6.45) is 3.52. The normalized spacial score (nSPS) is 10.8. The number of hydrogen-bond acceptors (Lipinski definition) is 3. The maximum absolute atomic E-state index is 13.7. The van der Waals surface area contributed by atoms with E-state index in [9.17, 15) is 9.18 Å². The molecule has 0 aliphatic heterocycles. The van der Waals surface area contributed by atoms with Gasteiger partial charge in [-0.25, -0.2) is 4.39 Å². The third kappa shape index (κ3) is 5.33. The molecule has 0 saturated heterocycles. The van der Waals surface area contributed by atoms with Crippen LogP contribution in [0.4, 0.5) is 4.39 Å². The number of amides is 1. The van der Waals surface area contributed by atoms with Crippen LogP contribution >= 0.6 is 15.9 Å². The molecule has 0 fully saturated rings. The minimum Gasteiger partial charge on any atom is -0.493 e. The minimum atomic E-state index is -0.370. The lowest BCUT2D eigenvalue weighted by Crippen LogP contribution is -2.27. The Bertz CT molecular complexity index is 808. The van der Waals surface area contributed by atoms with Crippen molar-refractivity contribution in [1.29, 1.82) is 0 Å². The van der Waals surface area contributed by atoms with E-state index < -0.39 is 0 Å². The van der Waals surface area contributed by atoms with Gasteiger partial charge in [0.05, 0.1) is 14.2 Å². The molecule has 1 amide bonds. The lowest BCUT2D eigenvalue weighted by atomic mass is 10.1. The Morgan fingerprint density at radius 3 is 2.58 bits per heavy atom. The molecule has 0 aliphatic carbocycles. The average Bonchev–Trinajstić information content (AvgIpc) is 2.66. The molecule has 0 heterocycles. The van der Waals surface area contributed by atoms with Crippen molar-refractivity contribution in [2.75, 3.05) is 27.8 Å². The number of ether oxygens (including phenoxy) is 2. The SMILES string of the molecule is COc1ccc(CCN(C)C(=O)C=Cc2cc(Br)ccc2F)cc1OC. The molecule has 0 saturated carbocycles. The van der Waals surface area contributed by atoms with Crippen molar-refractivity contribution in [1.82, 2.24) is 4.90 Å². The number of carbonyl (C=O) groups is 1. The zero-order chi connectivity index (χ0) is 19.1. The van der Waals surface area contributed by atoms with Gasteiger partial charge in [0.15, 0.2) is 11.5 Å². The first-order chi connectivity index (χ1) is 12.4.